The van der Waals surface area contributed by atoms with Gasteiger partial charge in [0.1, 0.15) is 12.3 Å². The van der Waals surface area contributed by atoms with Crippen LogP contribution >= 0.6 is 11.3 Å². The molecule has 0 unspecified atom stereocenters. The molecule has 21 heavy (non-hydrogen) atoms. The number of amides is 1. The van der Waals surface area contributed by atoms with Crippen molar-refractivity contribution in [1.29, 1.82) is 0 Å². The summed E-state index contributed by atoms with van der Waals surface area (Å²) in [4.78, 5) is 20.5. The summed E-state index contributed by atoms with van der Waals surface area (Å²) in [5, 5.41) is 14.0. The van der Waals surface area contributed by atoms with E-state index in [2.05, 4.69) is 27.1 Å². The Balaban J connectivity index is 1.66. The lowest BCUT2D eigenvalue weighted by Crippen LogP contribution is -2.13. The molecule has 2 aromatic heterocycles. The highest BCUT2D eigenvalue weighted by molar-refractivity contribution is 7.14. The van der Waals surface area contributed by atoms with Gasteiger partial charge in [-0.1, -0.05) is 11.8 Å². The average Bonchev–Trinajstić information content (AvgIpc) is 3.26. The standard InChI is InChI=1S/C15H13N3O2S/c19-7-1-2-10-3-6-12(16-8-10)14(20)18-15-17-13(9-21-15)11-4-5-11/h3,6,8-9,11,19H,4-5,7H2,(H,17,18,20). The van der Waals surface area contributed by atoms with Crippen LogP contribution in [0.5, 0.6) is 0 Å². The van der Waals surface area contributed by atoms with Gasteiger partial charge in [0, 0.05) is 23.1 Å². The Labute approximate surface area is 126 Å². The number of nitrogens with one attached hydrogen (secondary N) is 1. The SMILES string of the molecule is O=C(Nc1nc(C2CC2)cs1)c1ccc(C#CCO)cn1. The number of hydrogen-bond donors (Lipinski definition) is 2. The number of aromatic nitrogens is 2. The molecule has 1 saturated carbocycles. The third-order valence-electron chi connectivity index (χ3n) is 3.05. The lowest BCUT2D eigenvalue weighted by atomic mass is 10.2. The highest BCUT2D eigenvalue weighted by Gasteiger charge is 2.26. The summed E-state index contributed by atoms with van der Waals surface area (Å²) in [6.07, 6.45) is 3.89. The lowest BCUT2D eigenvalue weighted by Gasteiger charge is -2.00. The zero-order valence-electron chi connectivity index (χ0n) is 11.2. The average molecular weight is 299 g/mol. The van der Waals surface area contributed by atoms with E-state index in [0.29, 0.717) is 22.3 Å². The first-order valence-corrected chi connectivity index (χ1v) is 7.47. The molecule has 0 radical (unpaired) electrons. The molecule has 2 aromatic rings. The molecule has 5 nitrogen and oxygen atoms in total. The molecule has 1 amide bonds. The molecule has 3 rings (SSSR count). The molecule has 2 N–H and O–H groups in total. The summed E-state index contributed by atoms with van der Waals surface area (Å²) < 4.78 is 0. The van der Waals surface area contributed by atoms with Gasteiger partial charge in [0.05, 0.1) is 5.69 Å². The van der Waals surface area contributed by atoms with Crippen molar-refractivity contribution in [2.75, 3.05) is 11.9 Å². The van der Waals surface area contributed by atoms with E-state index in [9.17, 15) is 4.79 Å². The van der Waals surface area contributed by atoms with Crippen molar-refractivity contribution in [3.63, 3.8) is 0 Å². The van der Waals surface area contributed by atoms with Crippen LogP contribution in [0.4, 0.5) is 5.13 Å². The number of thiazole rings is 1. The maximum Gasteiger partial charge on any atom is 0.276 e. The predicted molar refractivity (Wildman–Crippen MR) is 80.2 cm³/mol. The van der Waals surface area contributed by atoms with Crippen LogP contribution in [0.1, 0.15) is 40.5 Å². The van der Waals surface area contributed by atoms with E-state index in [1.165, 1.54) is 30.4 Å². The second-order valence-electron chi connectivity index (χ2n) is 4.70. The van der Waals surface area contributed by atoms with Crippen molar-refractivity contribution in [2.45, 2.75) is 18.8 Å². The van der Waals surface area contributed by atoms with Crippen molar-refractivity contribution in [3.8, 4) is 11.8 Å². The van der Waals surface area contributed by atoms with Crippen LogP contribution in [0.25, 0.3) is 0 Å². The molecule has 0 saturated heterocycles. The number of carbonyl (C=O) groups excluding carboxylic acids is 1. The van der Waals surface area contributed by atoms with Gasteiger partial charge in [-0.25, -0.2) is 9.97 Å². The summed E-state index contributed by atoms with van der Waals surface area (Å²) in [7, 11) is 0. The van der Waals surface area contributed by atoms with Gasteiger partial charge in [0.2, 0.25) is 0 Å². The molecule has 1 aliphatic carbocycles. The molecule has 1 fully saturated rings. The third kappa shape index (κ3) is 3.45. The first-order valence-electron chi connectivity index (χ1n) is 6.59. The van der Waals surface area contributed by atoms with Crippen molar-refractivity contribution in [1.82, 2.24) is 9.97 Å². The zero-order chi connectivity index (χ0) is 14.7. The van der Waals surface area contributed by atoms with Gasteiger partial charge < -0.3 is 5.11 Å². The molecular weight excluding hydrogens is 286 g/mol. The fourth-order valence-corrected chi connectivity index (χ4v) is 2.60. The van der Waals surface area contributed by atoms with E-state index in [-0.39, 0.29) is 12.5 Å². The minimum absolute atomic E-state index is 0.199. The summed E-state index contributed by atoms with van der Waals surface area (Å²) in [5.74, 6) is 5.55. The zero-order valence-corrected chi connectivity index (χ0v) is 12.0. The minimum Gasteiger partial charge on any atom is -0.384 e. The van der Waals surface area contributed by atoms with Crippen LogP contribution < -0.4 is 5.32 Å². The van der Waals surface area contributed by atoms with Gasteiger partial charge in [-0.3, -0.25) is 10.1 Å². The van der Waals surface area contributed by atoms with E-state index < -0.39 is 0 Å². The number of aliphatic hydroxyl groups excluding tert-OH is 1. The summed E-state index contributed by atoms with van der Waals surface area (Å²) in [6, 6.07) is 3.30. The molecule has 0 atom stereocenters. The van der Waals surface area contributed by atoms with Crippen LogP contribution in [0.15, 0.2) is 23.7 Å². The normalized spacial score (nSPS) is 13.4. The van der Waals surface area contributed by atoms with E-state index >= 15 is 0 Å². The number of aliphatic hydroxyl groups is 1. The Kier molecular flexibility index (Phi) is 3.95. The van der Waals surface area contributed by atoms with Crippen LogP contribution in [0.2, 0.25) is 0 Å². The van der Waals surface area contributed by atoms with Gasteiger partial charge >= 0.3 is 0 Å². The number of anilines is 1. The van der Waals surface area contributed by atoms with Crippen molar-refractivity contribution < 1.29 is 9.90 Å². The van der Waals surface area contributed by atoms with E-state index in [1.54, 1.807) is 12.1 Å². The first-order chi connectivity index (χ1) is 10.3. The second-order valence-corrected chi connectivity index (χ2v) is 5.56. The Hall–Kier alpha value is -2.23. The van der Waals surface area contributed by atoms with Crippen LogP contribution in [0, 0.1) is 11.8 Å². The summed E-state index contributed by atoms with van der Waals surface area (Å²) in [5.41, 5.74) is 2.04. The second kappa shape index (κ2) is 6.04. The largest absolute Gasteiger partial charge is 0.384 e. The van der Waals surface area contributed by atoms with Crippen LogP contribution in [0.3, 0.4) is 0 Å². The summed E-state index contributed by atoms with van der Waals surface area (Å²) >= 11 is 1.43. The highest BCUT2D eigenvalue weighted by atomic mass is 32.1. The van der Waals surface area contributed by atoms with E-state index in [4.69, 9.17) is 5.11 Å². The maximum atomic E-state index is 12.1. The number of hydrogen-bond acceptors (Lipinski definition) is 5. The topological polar surface area (TPSA) is 75.1 Å². The lowest BCUT2D eigenvalue weighted by molar-refractivity contribution is 0.102. The third-order valence-corrected chi connectivity index (χ3v) is 3.82. The number of rotatable bonds is 3. The number of pyridine rings is 1. The molecule has 0 aromatic carbocycles. The molecule has 106 valence electrons. The highest BCUT2D eigenvalue weighted by Crippen LogP contribution is 2.40. The molecule has 0 aliphatic heterocycles. The van der Waals surface area contributed by atoms with E-state index in [0.717, 1.165) is 5.69 Å². The van der Waals surface area contributed by atoms with Gasteiger partial charge in [-0.05, 0) is 25.0 Å². The number of nitrogens with zero attached hydrogens (tertiary/aromatic N) is 2. The Morgan fingerprint density at radius 3 is 3.00 bits per heavy atom. The minimum atomic E-state index is -0.284. The molecule has 0 spiro atoms. The number of carbonyl (C=O) groups is 1. The smallest absolute Gasteiger partial charge is 0.276 e. The fraction of sp³-hybridized carbons (Fsp3) is 0.267. The van der Waals surface area contributed by atoms with E-state index in [1.807, 2.05) is 5.38 Å². The summed E-state index contributed by atoms with van der Waals surface area (Å²) in [6.45, 7) is -0.199. The van der Waals surface area contributed by atoms with Crippen molar-refractivity contribution in [2.24, 2.45) is 0 Å². The first kappa shape index (κ1) is 13.7. The monoisotopic (exact) mass is 299 g/mol. The quantitative estimate of drug-likeness (QED) is 0.850. The van der Waals surface area contributed by atoms with Gasteiger partial charge in [-0.15, -0.1) is 11.3 Å². The Morgan fingerprint density at radius 1 is 1.48 bits per heavy atom. The molecular formula is C15H13N3O2S. The van der Waals surface area contributed by atoms with Crippen molar-refractivity contribution in [3.05, 3.63) is 40.7 Å². The van der Waals surface area contributed by atoms with Gasteiger partial charge in [-0.2, -0.15) is 0 Å². The van der Waals surface area contributed by atoms with Crippen LogP contribution in [-0.2, 0) is 0 Å². The molecule has 6 heteroatoms. The molecule has 1 aliphatic rings. The van der Waals surface area contributed by atoms with Crippen LogP contribution in [-0.4, -0.2) is 27.6 Å². The predicted octanol–water partition coefficient (Wildman–Crippen LogP) is 2.01. The molecule has 2 heterocycles. The van der Waals surface area contributed by atoms with Gasteiger partial charge in [0.25, 0.3) is 5.91 Å². The van der Waals surface area contributed by atoms with Gasteiger partial charge in [0.15, 0.2) is 5.13 Å². The molecule has 0 bridgehead atoms. The fourth-order valence-electron chi connectivity index (χ4n) is 1.82. The maximum absolute atomic E-state index is 12.1. The Bertz CT molecular complexity index is 709. The van der Waals surface area contributed by atoms with Crippen molar-refractivity contribution >= 4 is 22.4 Å². The Morgan fingerprint density at radius 2 is 2.33 bits per heavy atom.